The van der Waals surface area contributed by atoms with E-state index in [2.05, 4.69) is 0 Å². The maximum absolute atomic E-state index is 13.1. The molecular formula is C41H50O14. The maximum Gasteiger partial charge on any atom is 0.344 e. The first kappa shape index (κ1) is 42.8. The first-order valence-electron chi connectivity index (χ1n) is 18.5. The molecule has 5 N–H and O–H groups in total. The Labute approximate surface area is 319 Å². The Morgan fingerprint density at radius 1 is 0.836 bits per heavy atom. The number of hydrogen-bond acceptors (Lipinski definition) is 11. The number of aliphatic carboxylic acids is 3. The highest BCUT2D eigenvalue weighted by atomic mass is 16.8. The minimum atomic E-state index is -3.86. The minimum Gasteiger partial charge on any atom is -0.479 e. The predicted molar refractivity (Wildman–Crippen MR) is 197 cm³/mol. The summed E-state index contributed by atoms with van der Waals surface area (Å²) in [6.07, 6.45) is 2.93. The van der Waals surface area contributed by atoms with E-state index in [0.717, 1.165) is 30.4 Å². The van der Waals surface area contributed by atoms with E-state index in [-0.39, 0.29) is 25.2 Å². The lowest BCUT2D eigenvalue weighted by Gasteiger charge is -2.48. The molecule has 0 unspecified atom stereocenters. The van der Waals surface area contributed by atoms with Gasteiger partial charge < -0.3 is 44.5 Å². The molecule has 0 saturated carbocycles. The molecule has 298 valence electrons. The quantitative estimate of drug-likeness (QED) is 0.0833. The van der Waals surface area contributed by atoms with Crippen molar-refractivity contribution >= 4 is 42.0 Å². The van der Waals surface area contributed by atoms with E-state index in [0.29, 0.717) is 19.3 Å². The van der Waals surface area contributed by atoms with Gasteiger partial charge in [0, 0.05) is 19.8 Å². The zero-order chi connectivity index (χ0) is 40.2. The number of benzene rings is 2. The Kier molecular flexibility index (Phi) is 14.9. The zero-order valence-electron chi connectivity index (χ0n) is 31.0. The van der Waals surface area contributed by atoms with Crippen molar-refractivity contribution in [3.05, 3.63) is 83.9 Å². The average molecular weight is 767 g/mol. The summed E-state index contributed by atoms with van der Waals surface area (Å²) in [6, 6.07) is 19.3. The molecule has 0 radical (unpaired) electrons. The van der Waals surface area contributed by atoms with Gasteiger partial charge in [0.1, 0.15) is 12.2 Å². The molecular weight excluding hydrogens is 716 g/mol. The first-order valence-corrected chi connectivity index (χ1v) is 18.5. The fourth-order valence-corrected chi connectivity index (χ4v) is 7.17. The number of carboxylic acids is 3. The number of carbonyl (C=O) groups excluding carboxylic acids is 2. The standard InChI is InChI=1S/C41H50O14/c1-27(17-15-23-30-21-12-8-13-22-30)31(52-28(2)42)24-16-26-39-33(44)34(41(55-39,38(49)50)40(51,37(47)48)35(54-39)36(45)46)53-32(43)25-14-6-4-3-5-9-18-29-19-10-7-11-20-29/h7-13,15,18-23,27,31,33-35,44,51H,3-6,14,16-17,24-26H2,1-2H3,(H,45,46)(H,47,48)(H,49,50)/b18-9+,23-15+/t27-,31+,33+,34+,35+,39+,40+,41+/m0/s1. The summed E-state index contributed by atoms with van der Waals surface area (Å²) in [6.45, 7) is 3.09. The number of esters is 2. The largest absolute Gasteiger partial charge is 0.479 e. The second kappa shape index (κ2) is 19.1. The molecule has 2 aromatic rings. The number of aliphatic hydroxyl groups is 2. The van der Waals surface area contributed by atoms with Crippen LogP contribution < -0.4 is 0 Å². The molecule has 2 aliphatic rings. The maximum atomic E-state index is 13.1. The molecule has 2 aromatic carbocycles. The van der Waals surface area contributed by atoms with E-state index in [4.69, 9.17) is 18.9 Å². The van der Waals surface area contributed by atoms with E-state index >= 15 is 0 Å². The lowest BCUT2D eigenvalue weighted by molar-refractivity contribution is -0.374. The second-order valence-corrected chi connectivity index (χ2v) is 14.0. The molecule has 0 aliphatic carbocycles. The molecule has 8 atom stereocenters. The number of ether oxygens (including phenoxy) is 4. The van der Waals surface area contributed by atoms with Crippen LogP contribution >= 0.6 is 0 Å². The monoisotopic (exact) mass is 766 g/mol. The number of carboxylic acid groups (broad SMARTS) is 3. The van der Waals surface area contributed by atoms with Crippen molar-refractivity contribution in [2.24, 2.45) is 5.92 Å². The Bertz CT molecular complexity index is 1690. The molecule has 0 spiro atoms. The normalized spacial score (nSPS) is 27.1. The van der Waals surface area contributed by atoms with Crippen LogP contribution in [0.2, 0.25) is 0 Å². The molecule has 55 heavy (non-hydrogen) atoms. The van der Waals surface area contributed by atoms with Gasteiger partial charge >= 0.3 is 29.8 Å². The van der Waals surface area contributed by atoms with Gasteiger partial charge in [-0.2, -0.15) is 0 Å². The SMILES string of the molecule is CC(=O)O[C@H](CCC[C@@]12O[C@H](C(=O)O)[C@@](O)(C(=O)O)[C@@](C(=O)O)(O1)[C@H](OC(=O)CCCCCC/C=C/c1ccccc1)[C@H]2O)[C@@H](C)C/C=C/c1ccccc1. The van der Waals surface area contributed by atoms with Crippen LogP contribution in [0.25, 0.3) is 12.2 Å². The van der Waals surface area contributed by atoms with E-state index in [1.165, 1.54) is 6.92 Å². The summed E-state index contributed by atoms with van der Waals surface area (Å²) in [7, 11) is 0. The number of aliphatic hydroxyl groups excluding tert-OH is 1. The summed E-state index contributed by atoms with van der Waals surface area (Å²) in [5.74, 6) is -11.0. The average Bonchev–Trinajstić information content (AvgIpc) is 3.36. The van der Waals surface area contributed by atoms with Crippen LogP contribution in [0.5, 0.6) is 0 Å². The molecule has 2 fully saturated rings. The van der Waals surface area contributed by atoms with E-state index in [1.807, 2.05) is 91.9 Å². The number of fused-ring (bicyclic) bond motifs is 2. The van der Waals surface area contributed by atoms with Crippen molar-refractivity contribution in [1.82, 2.24) is 0 Å². The van der Waals surface area contributed by atoms with Crippen molar-refractivity contribution in [2.75, 3.05) is 0 Å². The zero-order valence-corrected chi connectivity index (χ0v) is 31.0. The molecule has 4 rings (SSSR count). The van der Waals surface area contributed by atoms with Crippen LogP contribution in [0.3, 0.4) is 0 Å². The van der Waals surface area contributed by atoms with Gasteiger partial charge in [-0.25, -0.2) is 14.4 Å². The number of rotatable bonds is 21. The van der Waals surface area contributed by atoms with Gasteiger partial charge in [-0.15, -0.1) is 0 Å². The molecule has 2 saturated heterocycles. The number of hydrogen-bond donors (Lipinski definition) is 5. The predicted octanol–water partition coefficient (Wildman–Crippen LogP) is 5.00. The number of unbranched alkanes of at least 4 members (excludes halogenated alkanes) is 4. The van der Waals surface area contributed by atoms with E-state index < -0.39 is 77.7 Å². The summed E-state index contributed by atoms with van der Waals surface area (Å²) >= 11 is 0. The Morgan fingerprint density at radius 2 is 1.44 bits per heavy atom. The lowest BCUT2D eigenvalue weighted by atomic mass is 9.74. The highest BCUT2D eigenvalue weighted by Gasteiger charge is 2.85. The lowest BCUT2D eigenvalue weighted by Crippen LogP contribution is -2.78. The molecule has 14 heteroatoms. The molecule has 14 nitrogen and oxygen atoms in total. The molecule has 2 aliphatic heterocycles. The van der Waals surface area contributed by atoms with Crippen LogP contribution in [-0.4, -0.2) is 96.8 Å². The van der Waals surface area contributed by atoms with Crippen LogP contribution in [0.15, 0.2) is 72.8 Å². The Hall–Kier alpha value is -4.89. The third kappa shape index (κ3) is 9.87. The fraction of sp³-hybridized carbons (Fsp3) is 0.488. The minimum absolute atomic E-state index is 0.0313. The molecule has 2 heterocycles. The van der Waals surface area contributed by atoms with Crippen molar-refractivity contribution in [1.29, 1.82) is 0 Å². The second-order valence-electron chi connectivity index (χ2n) is 14.0. The highest BCUT2D eigenvalue weighted by molar-refractivity contribution is 5.98. The Balaban J connectivity index is 1.47. The van der Waals surface area contributed by atoms with Crippen LogP contribution in [-0.2, 0) is 42.9 Å². The number of allylic oxidation sites excluding steroid dienone is 2. The van der Waals surface area contributed by atoms with Crippen molar-refractivity contribution in [2.45, 2.75) is 119 Å². The summed E-state index contributed by atoms with van der Waals surface area (Å²) in [5, 5.41) is 53.7. The van der Waals surface area contributed by atoms with Crippen molar-refractivity contribution in [3.8, 4) is 0 Å². The highest BCUT2D eigenvalue weighted by Crippen LogP contribution is 2.55. The molecule has 0 amide bonds. The number of carbonyl (C=O) groups is 5. The van der Waals surface area contributed by atoms with E-state index in [1.54, 1.807) is 0 Å². The smallest absolute Gasteiger partial charge is 0.344 e. The fourth-order valence-electron chi connectivity index (χ4n) is 7.17. The van der Waals surface area contributed by atoms with Crippen molar-refractivity contribution in [3.63, 3.8) is 0 Å². The molecule has 2 bridgehead atoms. The van der Waals surface area contributed by atoms with Gasteiger partial charge in [-0.05, 0) is 55.6 Å². The van der Waals surface area contributed by atoms with Gasteiger partial charge in [0.05, 0.1) is 0 Å². The summed E-state index contributed by atoms with van der Waals surface area (Å²) in [5.41, 5.74) is -5.31. The summed E-state index contributed by atoms with van der Waals surface area (Å²) < 4.78 is 22.2. The van der Waals surface area contributed by atoms with Gasteiger partial charge in [-0.1, -0.05) is 105 Å². The molecule has 0 aromatic heterocycles. The first-order chi connectivity index (χ1) is 26.2. The van der Waals surface area contributed by atoms with Crippen molar-refractivity contribution < 1.29 is 68.5 Å². The van der Waals surface area contributed by atoms with Gasteiger partial charge in [0.25, 0.3) is 0 Å². The van der Waals surface area contributed by atoms with Gasteiger partial charge in [0.15, 0.2) is 6.10 Å². The third-order valence-corrected chi connectivity index (χ3v) is 10.1. The van der Waals surface area contributed by atoms with Crippen LogP contribution in [0.4, 0.5) is 0 Å². The van der Waals surface area contributed by atoms with Gasteiger partial charge in [0.2, 0.25) is 23.1 Å². The van der Waals surface area contributed by atoms with E-state index in [9.17, 15) is 49.5 Å². The van der Waals surface area contributed by atoms with Crippen LogP contribution in [0.1, 0.15) is 89.2 Å². The topological polar surface area (TPSA) is 223 Å². The summed E-state index contributed by atoms with van der Waals surface area (Å²) in [4.78, 5) is 63.1. The van der Waals surface area contributed by atoms with Gasteiger partial charge in [-0.3, -0.25) is 9.59 Å². The Morgan fingerprint density at radius 3 is 2.00 bits per heavy atom. The third-order valence-electron chi connectivity index (χ3n) is 10.1. The van der Waals surface area contributed by atoms with Crippen LogP contribution in [0, 0.1) is 5.92 Å².